The van der Waals surface area contributed by atoms with Crippen LogP contribution in [-0.2, 0) is 24.4 Å². The molecule has 0 saturated carbocycles. The Hall–Kier alpha value is -0.660. The van der Waals surface area contributed by atoms with Crippen LogP contribution >= 0.6 is 0 Å². The van der Waals surface area contributed by atoms with Gasteiger partial charge in [0.25, 0.3) is 10.1 Å². The lowest BCUT2D eigenvalue weighted by molar-refractivity contribution is -0.153. The van der Waals surface area contributed by atoms with Gasteiger partial charge in [0, 0.05) is 0 Å². The molecule has 0 amide bonds. The molecule has 0 rings (SSSR count). The molecule has 0 aromatic heterocycles. The van der Waals surface area contributed by atoms with Gasteiger partial charge in [0.15, 0.2) is 12.5 Å². The highest BCUT2D eigenvalue weighted by atomic mass is 32.2. The largest absolute Gasteiger partial charge is 0.438 e. The van der Waals surface area contributed by atoms with Crippen LogP contribution in [0.5, 0.6) is 0 Å². The van der Waals surface area contributed by atoms with Gasteiger partial charge in [0.05, 0.1) is 6.61 Å². The molecule has 0 spiro atoms. The Morgan fingerprint density at radius 2 is 2.08 bits per heavy atom. The fraction of sp³-hybridized carbons (Fsp3) is 0.833. The lowest BCUT2D eigenvalue weighted by Crippen LogP contribution is -2.19. The topological polar surface area (TPSA) is 89.9 Å². The SMILES string of the molecule is CCCOCOC(=O)CS(=O)(=O)O. The van der Waals surface area contributed by atoms with Gasteiger partial charge in [-0.05, 0) is 6.42 Å². The van der Waals surface area contributed by atoms with E-state index in [0.29, 0.717) is 6.61 Å². The molecule has 0 fully saturated rings. The monoisotopic (exact) mass is 212 g/mol. The fourth-order valence-corrected chi connectivity index (χ4v) is 0.882. The molecular formula is C6H12O6S. The Balaban J connectivity index is 3.53. The predicted octanol–water partition coefficient (Wildman–Crippen LogP) is -0.198. The summed E-state index contributed by atoms with van der Waals surface area (Å²) in [6.45, 7) is 2.02. The molecule has 0 radical (unpaired) electrons. The maximum atomic E-state index is 10.6. The molecule has 0 aliphatic heterocycles. The summed E-state index contributed by atoms with van der Waals surface area (Å²) in [6.07, 6.45) is 0.774. The number of carbonyl (C=O) groups is 1. The third-order valence-electron chi connectivity index (χ3n) is 0.952. The van der Waals surface area contributed by atoms with Gasteiger partial charge in [-0.15, -0.1) is 0 Å². The van der Waals surface area contributed by atoms with E-state index in [1.165, 1.54) is 0 Å². The second-order valence-corrected chi connectivity index (χ2v) is 3.72. The van der Waals surface area contributed by atoms with E-state index in [9.17, 15) is 13.2 Å². The molecule has 7 heteroatoms. The maximum Gasteiger partial charge on any atom is 0.325 e. The van der Waals surface area contributed by atoms with Gasteiger partial charge in [-0.2, -0.15) is 8.42 Å². The molecule has 13 heavy (non-hydrogen) atoms. The lowest BCUT2D eigenvalue weighted by Gasteiger charge is -2.03. The van der Waals surface area contributed by atoms with E-state index in [4.69, 9.17) is 9.29 Å². The molecule has 0 heterocycles. The van der Waals surface area contributed by atoms with E-state index in [-0.39, 0.29) is 6.79 Å². The Morgan fingerprint density at radius 1 is 1.46 bits per heavy atom. The number of hydrogen-bond acceptors (Lipinski definition) is 5. The molecule has 1 N–H and O–H groups in total. The van der Waals surface area contributed by atoms with Crippen LogP contribution in [0.2, 0.25) is 0 Å². The zero-order valence-electron chi connectivity index (χ0n) is 7.23. The van der Waals surface area contributed by atoms with Gasteiger partial charge in [-0.1, -0.05) is 6.92 Å². The van der Waals surface area contributed by atoms with Crippen LogP contribution in [0.1, 0.15) is 13.3 Å². The summed E-state index contributed by atoms with van der Waals surface area (Å²) in [5.41, 5.74) is 0. The Labute approximate surface area is 76.6 Å². The first kappa shape index (κ1) is 12.3. The van der Waals surface area contributed by atoms with Crippen LogP contribution in [0.4, 0.5) is 0 Å². The zero-order chi connectivity index (χ0) is 10.3. The van der Waals surface area contributed by atoms with Crippen LogP contribution in [0.3, 0.4) is 0 Å². The summed E-state index contributed by atoms with van der Waals surface area (Å²) >= 11 is 0. The van der Waals surface area contributed by atoms with Gasteiger partial charge in [0.1, 0.15) is 0 Å². The summed E-state index contributed by atoms with van der Waals surface area (Å²) in [4.78, 5) is 10.6. The van der Waals surface area contributed by atoms with Crippen molar-refractivity contribution in [1.29, 1.82) is 0 Å². The van der Waals surface area contributed by atoms with Crippen LogP contribution in [0.15, 0.2) is 0 Å². The van der Waals surface area contributed by atoms with Crippen molar-refractivity contribution < 1.29 is 27.2 Å². The van der Waals surface area contributed by atoms with E-state index >= 15 is 0 Å². The summed E-state index contributed by atoms with van der Waals surface area (Å²) in [7, 11) is -4.30. The molecule has 0 aromatic rings. The van der Waals surface area contributed by atoms with Gasteiger partial charge in [-0.3, -0.25) is 9.35 Å². The molecular weight excluding hydrogens is 200 g/mol. The summed E-state index contributed by atoms with van der Waals surface area (Å²) in [5, 5.41) is 0. The van der Waals surface area contributed by atoms with E-state index in [2.05, 4.69) is 4.74 Å². The van der Waals surface area contributed by atoms with Crippen molar-refractivity contribution in [2.24, 2.45) is 0 Å². The average Bonchev–Trinajstić information content (AvgIpc) is 1.94. The van der Waals surface area contributed by atoms with E-state index in [1.54, 1.807) is 0 Å². The number of esters is 1. The molecule has 6 nitrogen and oxygen atoms in total. The van der Waals surface area contributed by atoms with Crippen molar-refractivity contribution in [3.05, 3.63) is 0 Å². The molecule has 0 bridgehead atoms. The zero-order valence-corrected chi connectivity index (χ0v) is 8.04. The van der Waals surface area contributed by atoms with Gasteiger partial charge in [0.2, 0.25) is 0 Å². The molecule has 0 atom stereocenters. The highest BCUT2D eigenvalue weighted by Gasteiger charge is 2.13. The normalized spacial score (nSPS) is 11.2. The van der Waals surface area contributed by atoms with E-state index < -0.39 is 21.8 Å². The van der Waals surface area contributed by atoms with Crippen molar-refractivity contribution in [2.45, 2.75) is 13.3 Å². The Morgan fingerprint density at radius 3 is 2.54 bits per heavy atom. The number of hydrogen-bond donors (Lipinski definition) is 1. The first-order chi connectivity index (χ1) is 5.95. The molecule has 0 aromatic carbocycles. The highest BCUT2D eigenvalue weighted by molar-refractivity contribution is 7.86. The van der Waals surface area contributed by atoms with Crippen LogP contribution in [0.25, 0.3) is 0 Å². The number of ether oxygens (including phenoxy) is 2. The number of rotatable bonds is 6. The van der Waals surface area contributed by atoms with Crippen molar-refractivity contribution in [2.75, 3.05) is 19.2 Å². The van der Waals surface area contributed by atoms with Crippen LogP contribution in [0, 0.1) is 0 Å². The number of carbonyl (C=O) groups excluding carboxylic acids is 1. The van der Waals surface area contributed by atoms with E-state index in [1.807, 2.05) is 6.92 Å². The minimum atomic E-state index is -4.30. The highest BCUT2D eigenvalue weighted by Crippen LogP contribution is 1.88. The Kier molecular flexibility index (Phi) is 5.60. The predicted molar refractivity (Wildman–Crippen MR) is 43.6 cm³/mol. The molecule has 0 aliphatic rings. The smallest absolute Gasteiger partial charge is 0.325 e. The molecule has 78 valence electrons. The first-order valence-electron chi connectivity index (χ1n) is 3.64. The molecule has 0 unspecified atom stereocenters. The Bertz CT molecular complexity index is 244. The van der Waals surface area contributed by atoms with Crippen molar-refractivity contribution in [1.82, 2.24) is 0 Å². The second-order valence-electron chi connectivity index (χ2n) is 2.27. The standard InChI is InChI=1S/C6H12O6S/c1-2-3-11-5-12-6(7)4-13(8,9)10/h2-5H2,1H3,(H,8,9,10). The van der Waals surface area contributed by atoms with E-state index in [0.717, 1.165) is 6.42 Å². The summed E-state index contributed by atoms with van der Waals surface area (Å²) in [6, 6.07) is 0. The van der Waals surface area contributed by atoms with Crippen molar-refractivity contribution in [3.8, 4) is 0 Å². The van der Waals surface area contributed by atoms with Gasteiger partial charge in [-0.25, -0.2) is 0 Å². The van der Waals surface area contributed by atoms with Gasteiger partial charge >= 0.3 is 5.97 Å². The van der Waals surface area contributed by atoms with Gasteiger partial charge < -0.3 is 9.47 Å². The van der Waals surface area contributed by atoms with Crippen LogP contribution < -0.4 is 0 Å². The van der Waals surface area contributed by atoms with Crippen LogP contribution in [-0.4, -0.2) is 38.1 Å². The first-order valence-corrected chi connectivity index (χ1v) is 5.25. The second kappa shape index (κ2) is 5.90. The third-order valence-corrected chi connectivity index (χ3v) is 1.55. The maximum absolute atomic E-state index is 10.6. The minimum Gasteiger partial charge on any atom is -0.438 e. The fourth-order valence-electron chi connectivity index (χ4n) is 0.501. The quantitative estimate of drug-likeness (QED) is 0.284. The summed E-state index contributed by atoms with van der Waals surface area (Å²) in [5.74, 6) is -2.07. The lowest BCUT2D eigenvalue weighted by atomic mass is 10.5. The molecule has 0 aliphatic carbocycles. The van der Waals surface area contributed by atoms with Crippen molar-refractivity contribution in [3.63, 3.8) is 0 Å². The minimum absolute atomic E-state index is 0.289. The molecule has 0 saturated heterocycles. The summed E-state index contributed by atoms with van der Waals surface area (Å²) < 4.78 is 37.6. The van der Waals surface area contributed by atoms with Crippen molar-refractivity contribution >= 4 is 16.1 Å². The average molecular weight is 212 g/mol. The third kappa shape index (κ3) is 9.25.